The fourth-order valence-corrected chi connectivity index (χ4v) is 3.12. The number of ether oxygens (including phenoxy) is 2. The smallest absolute Gasteiger partial charge is 0.307 e. The molecular formula is C14H15FO4. The maximum absolute atomic E-state index is 13.3. The Labute approximate surface area is 110 Å². The number of rotatable bonds is 2. The van der Waals surface area contributed by atoms with Crippen LogP contribution in [0.3, 0.4) is 0 Å². The third-order valence-corrected chi connectivity index (χ3v) is 3.96. The first-order chi connectivity index (χ1) is 9.10. The molecule has 4 nitrogen and oxygen atoms in total. The molecular weight excluding hydrogens is 251 g/mol. The van der Waals surface area contributed by atoms with Gasteiger partial charge in [-0.2, -0.15) is 0 Å². The van der Waals surface area contributed by atoms with Crippen LogP contribution in [-0.4, -0.2) is 30.1 Å². The minimum Gasteiger partial charge on any atom is -0.481 e. The van der Waals surface area contributed by atoms with Gasteiger partial charge in [-0.1, -0.05) is 12.1 Å². The van der Waals surface area contributed by atoms with Crippen molar-refractivity contribution >= 4 is 5.97 Å². The molecule has 2 atom stereocenters. The Morgan fingerprint density at radius 1 is 1.32 bits per heavy atom. The maximum atomic E-state index is 13.3. The van der Waals surface area contributed by atoms with Gasteiger partial charge in [-0.15, -0.1) is 0 Å². The van der Waals surface area contributed by atoms with Crippen molar-refractivity contribution < 1.29 is 23.8 Å². The molecule has 5 heteroatoms. The molecule has 1 heterocycles. The van der Waals surface area contributed by atoms with Crippen LogP contribution in [0.5, 0.6) is 0 Å². The molecule has 1 N–H and O–H groups in total. The molecule has 1 aromatic rings. The highest BCUT2D eigenvalue weighted by atomic mass is 19.1. The van der Waals surface area contributed by atoms with E-state index in [1.165, 1.54) is 12.1 Å². The van der Waals surface area contributed by atoms with Gasteiger partial charge in [0.1, 0.15) is 5.82 Å². The number of carbonyl (C=O) groups is 1. The van der Waals surface area contributed by atoms with Crippen LogP contribution in [0.4, 0.5) is 4.39 Å². The second-order valence-corrected chi connectivity index (χ2v) is 5.12. The Kier molecular flexibility index (Phi) is 3.03. The molecule has 0 radical (unpaired) electrons. The second-order valence-electron chi connectivity index (χ2n) is 5.12. The predicted octanol–water partition coefficient (Wildman–Crippen LogP) is 2.15. The topological polar surface area (TPSA) is 55.8 Å². The van der Waals surface area contributed by atoms with E-state index in [0.29, 0.717) is 31.6 Å². The van der Waals surface area contributed by atoms with Gasteiger partial charge in [-0.25, -0.2) is 4.39 Å². The van der Waals surface area contributed by atoms with Crippen LogP contribution in [-0.2, 0) is 14.3 Å². The van der Waals surface area contributed by atoms with E-state index in [-0.39, 0.29) is 11.7 Å². The van der Waals surface area contributed by atoms with Gasteiger partial charge in [0.25, 0.3) is 0 Å². The molecule has 0 unspecified atom stereocenters. The lowest BCUT2D eigenvalue weighted by molar-refractivity contribution is -0.159. The SMILES string of the molecule is O=C(O)[C@H]1CC2(C[C@@H]1c1cccc(F)c1)OCCO2. The fraction of sp³-hybridized carbons (Fsp3) is 0.500. The van der Waals surface area contributed by atoms with E-state index in [9.17, 15) is 14.3 Å². The number of halogens is 1. The van der Waals surface area contributed by atoms with Crippen molar-refractivity contribution in [1.29, 1.82) is 0 Å². The van der Waals surface area contributed by atoms with E-state index in [1.807, 2.05) is 0 Å². The molecule has 0 bridgehead atoms. The Morgan fingerprint density at radius 2 is 2.05 bits per heavy atom. The van der Waals surface area contributed by atoms with Gasteiger partial charge in [-0.05, 0) is 17.7 Å². The molecule has 19 heavy (non-hydrogen) atoms. The second kappa shape index (κ2) is 4.58. The van der Waals surface area contributed by atoms with Crippen molar-refractivity contribution in [3.8, 4) is 0 Å². The van der Waals surface area contributed by atoms with E-state index in [0.717, 1.165) is 0 Å². The summed E-state index contributed by atoms with van der Waals surface area (Å²) in [5.74, 6) is -2.90. The van der Waals surface area contributed by atoms with Gasteiger partial charge in [-0.3, -0.25) is 4.79 Å². The van der Waals surface area contributed by atoms with E-state index in [4.69, 9.17) is 9.47 Å². The Balaban J connectivity index is 1.92. The molecule has 1 aliphatic heterocycles. The molecule has 2 fully saturated rings. The number of carboxylic acid groups (broad SMARTS) is 1. The van der Waals surface area contributed by atoms with E-state index in [2.05, 4.69) is 0 Å². The summed E-state index contributed by atoms with van der Waals surface area (Å²) in [6.45, 7) is 0.977. The molecule has 3 rings (SSSR count). The number of hydrogen-bond acceptors (Lipinski definition) is 3. The molecule has 1 saturated carbocycles. The van der Waals surface area contributed by atoms with Crippen LogP contribution in [0, 0.1) is 11.7 Å². The molecule has 1 aliphatic carbocycles. The van der Waals surface area contributed by atoms with Crippen molar-refractivity contribution in [2.75, 3.05) is 13.2 Å². The van der Waals surface area contributed by atoms with Crippen molar-refractivity contribution in [1.82, 2.24) is 0 Å². The van der Waals surface area contributed by atoms with Crippen LogP contribution >= 0.6 is 0 Å². The lowest BCUT2D eigenvalue weighted by Crippen LogP contribution is -2.27. The van der Waals surface area contributed by atoms with Crippen LogP contribution < -0.4 is 0 Å². The third kappa shape index (κ3) is 2.24. The average Bonchev–Trinajstić information content (AvgIpc) is 2.98. The van der Waals surface area contributed by atoms with E-state index < -0.39 is 17.7 Å². The quantitative estimate of drug-likeness (QED) is 0.891. The summed E-state index contributed by atoms with van der Waals surface area (Å²) in [5, 5.41) is 9.35. The fourth-order valence-electron chi connectivity index (χ4n) is 3.12. The molecule has 1 spiro atoms. The van der Waals surface area contributed by atoms with Gasteiger partial charge in [0.15, 0.2) is 5.79 Å². The third-order valence-electron chi connectivity index (χ3n) is 3.96. The molecule has 1 saturated heterocycles. The first kappa shape index (κ1) is 12.6. The Morgan fingerprint density at radius 3 is 2.68 bits per heavy atom. The summed E-state index contributed by atoms with van der Waals surface area (Å²) in [5.41, 5.74) is 0.698. The lowest BCUT2D eigenvalue weighted by atomic mass is 9.89. The number of hydrogen-bond donors (Lipinski definition) is 1. The molecule has 0 aromatic heterocycles. The van der Waals surface area contributed by atoms with Gasteiger partial charge >= 0.3 is 5.97 Å². The monoisotopic (exact) mass is 266 g/mol. The van der Waals surface area contributed by atoms with Crippen molar-refractivity contribution in [3.05, 3.63) is 35.6 Å². The molecule has 2 aliphatic rings. The van der Waals surface area contributed by atoms with E-state index >= 15 is 0 Å². The number of aliphatic carboxylic acids is 1. The highest BCUT2D eigenvalue weighted by Crippen LogP contribution is 2.49. The molecule has 1 aromatic carbocycles. The predicted molar refractivity (Wildman–Crippen MR) is 64.1 cm³/mol. The average molecular weight is 266 g/mol. The standard InChI is InChI=1S/C14H15FO4/c15-10-3-1-2-9(6-10)11-7-14(18-4-5-19-14)8-12(11)13(16)17/h1-3,6,11-12H,4-5,7-8H2,(H,16,17)/t11-,12+/m1/s1. The van der Waals surface area contributed by atoms with Crippen molar-refractivity contribution in [2.24, 2.45) is 5.92 Å². The van der Waals surface area contributed by atoms with Crippen LogP contribution in [0.2, 0.25) is 0 Å². The number of benzene rings is 1. The van der Waals surface area contributed by atoms with Gasteiger partial charge in [0.2, 0.25) is 0 Å². The highest BCUT2D eigenvalue weighted by Gasteiger charge is 2.52. The van der Waals surface area contributed by atoms with Crippen molar-refractivity contribution in [3.63, 3.8) is 0 Å². The zero-order chi connectivity index (χ0) is 13.5. The summed E-state index contributed by atoms with van der Waals surface area (Å²) in [7, 11) is 0. The van der Waals surface area contributed by atoms with Gasteiger partial charge in [0, 0.05) is 18.8 Å². The summed E-state index contributed by atoms with van der Waals surface area (Å²) >= 11 is 0. The zero-order valence-corrected chi connectivity index (χ0v) is 10.3. The molecule has 0 amide bonds. The van der Waals surface area contributed by atoms with Crippen molar-refractivity contribution in [2.45, 2.75) is 24.5 Å². The van der Waals surface area contributed by atoms with Gasteiger partial charge in [0.05, 0.1) is 19.1 Å². The number of carboxylic acids is 1. The lowest BCUT2D eigenvalue weighted by Gasteiger charge is -2.21. The molecule has 102 valence electrons. The van der Waals surface area contributed by atoms with Crippen LogP contribution in [0.1, 0.15) is 24.3 Å². The summed E-state index contributed by atoms with van der Waals surface area (Å²) in [6, 6.07) is 6.11. The van der Waals surface area contributed by atoms with Crippen LogP contribution in [0.25, 0.3) is 0 Å². The minimum absolute atomic E-state index is 0.272. The summed E-state index contributed by atoms with van der Waals surface area (Å²) in [6.07, 6.45) is 0.789. The van der Waals surface area contributed by atoms with Gasteiger partial charge < -0.3 is 14.6 Å². The normalized spacial score (nSPS) is 28.9. The highest BCUT2D eigenvalue weighted by molar-refractivity contribution is 5.72. The first-order valence-electron chi connectivity index (χ1n) is 6.36. The minimum atomic E-state index is -0.884. The summed E-state index contributed by atoms with van der Waals surface area (Å²) in [4.78, 5) is 11.4. The zero-order valence-electron chi connectivity index (χ0n) is 10.3. The van der Waals surface area contributed by atoms with E-state index in [1.54, 1.807) is 12.1 Å². The summed E-state index contributed by atoms with van der Waals surface area (Å²) < 4.78 is 24.5. The Bertz CT molecular complexity index is 496. The largest absolute Gasteiger partial charge is 0.481 e. The first-order valence-corrected chi connectivity index (χ1v) is 6.36. The van der Waals surface area contributed by atoms with Crippen LogP contribution in [0.15, 0.2) is 24.3 Å². The maximum Gasteiger partial charge on any atom is 0.307 e. The Hall–Kier alpha value is -1.46.